The number of benzene rings is 1. The summed E-state index contributed by atoms with van der Waals surface area (Å²) in [5.41, 5.74) is 0.815. The minimum atomic E-state index is -0.646. The molecule has 2 rings (SSSR count). The van der Waals surface area contributed by atoms with Gasteiger partial charge in [-0.3, -0.25) is 9.59 Å². The van der Waals surface area contributed by atoms with Gasteiger partial charge in [0.25, 0.3) is 0 Å². The van der Waals surface area contributed by atoms with Crippen LogP contribution in [0.4, 0.5) is 0 Å². The van der Waals surface area contributed by atoms with E-state index in [4.69, 9.17) is 11.6 Å². The van der Waals surface area contributed by atoms with E-state index >= 15 is 0 Å². The second kappa shape index (κ2) is 7.46. The molecule has 4 nitrogen and oxygen atoms in total. The van der Waals surface area contributed by atoms with Gasteiger partial charge >= 0.3 is 0 Å². The van der Waals surface area contributed by atoms with Gasteiger partial charge in [-0.05, 0) is 25.3 Å². The molecule has 0 saturated carbocycles. The summed E-state index contributed by atoms with van der Waals surface area (Å²) in [6.07, 6.45) is 1.41. The van der Waals surface area contributed by atoms with Crippen LogP contribution in [-0.2, 0) is 9.59 Å². The SMILES string of the molecule is CCNC(=O)C1CCN(C(=O)C(Cl)c2ccccc2)CC1. The molecule has 1 unspecified atom stereocenters. The van der Waals surface area contributed by atoms with Gasteiger partial charge in [-0.25, -0.2) is 0 Å². The quantitative estimate of drug-likeness (QED) is 0.868. The third-order valence-corrected chi connectivity index (χ3v) is 4.28. The molecule has 1 heterocycles. The van der Waals surface area contributed by atoms with E-state index in [2.05, 4.69) is 5.32 Å². The molecular weight excluding hydrogens is 288 g/mol. The Morgan fingerprint density at radius 2 is 1.90 bits per heavy atom. The largest absolute Gasteiger partial charge is 0.356 e. The smallest absolute Gasteiger partial charge is 0.245 e. The summed E-state index contributed by atoms with van der Waals surface area (Å²) in [7, 11) is 0. The molecule has 0 aliphatic carbocycles. The molecule has 0 aromatic heterocycles. The number of rotatable bonds is 4. The van der Waals surface area contributed by atoms with Crippen molar-refractivity contribution in [2.75, 3.05) is 19.6 Å². The van der Waals surface area contributed by atoms with Gasteiger partial charge in [0.05, 0.1) is 0 Å². The van der Waals surface area contributed by atoms with Crippen molar-refractivity contribution in [1.29, 1.82) is 0 Å². The third kappa shape index (κ3) is 3.97. The fraction of sp³-hybridized carbons (Fsp3) is 0.500. The van der Waals surface area contributed by atoms with Crippen molar-refractivity contribution < 1.29 is 9.59 Å². The van der Waals surface area contributed by atoms with E-state index in [-0.39, 0.29) is 17.7 Å². The number of likely N-dealkylation sites (tertiary alicyclic amines) is 1. The maximum Gasteiger partial charge on any atom is 0.245 e. The van der Waals surface area contributed by atoms with Gasteiger partial charge < -0.3 is 10.2 Å². The Morgan fingerprint density at radius 3 is 2.48 bits per heavy atom. The molecular formula is C16H21ClN2O2. The summed E-state index contributed by atoms with van der Waals surface area (Å²) in [5.74, 6) is 0.0341. The minimum absolute atomic E-state index is 0.0134. The Morgan fingerprint density at radius 1 is 1.29 bits per heavy atom. The van der Waals surface area contributed by atoms with Crippen LogP contribution < -0.4 is 5.32 Å². The zero-order valence-corrected chi connectivity index (χ0v) is 13.0. The molecule has 1 saturated heterocycles. The van der Waals surface area contributed by atoms with Crippen molar-refractivity contribution in [3.8, 4) is 0 Å². The number of carbonyl (C=O) groups excluding carboxylic acids is 2. The van der Waals surface area contributed by atoms with Crippen LogP contribution in [0.3, 0.4) is 0 Å². The number of hydrogen-bond donors (Lipinski definition) is 1. The Bertz CT molecular complexity index is 484. The van der Waals surface area contributed by atoms with Crippen LogP contribution in [0.15, 0.2) is 30.3 Å². The number of alkyl halides is 1. The molecule has 0 bridgehead atoms. The third-order valence-electron chi connectivity index (χ3n) is 3.84. The first-order valence-electron chi connectivity index (χ1n) is 7.39. The first-order valence-corrected chi connectivity index (χ1v) is 7.82. The van der Waals surface area contributed by atoms with E-state index in [0.717, 1.165) is 5.56 Å². The molecule has 1 aliphatic rings. The molecule has 1 fully saturated rings. The number of amides is 2. The molecule has 1 atom stereocenters. The summed E-state index contributed by atoms with van der Waals surface area (Å²) in [6.45, 7) is 3.75. The predicted molar refractivity (Wildman–Crippen MR) is 83.0 cm³/mol. The average Bonchev–Trinajstić information content (AvgIpc) is 2.54. The van der Waals surface area contributed by atoms with E-state index in [1.165, 1.54) is 0 Å². The lowest BCUT2D eigenvalue weighted by molar-refractivity contribution is -0.135. The molecule has 21 heavy (non-hydrogen) atoms. The van der Waals surface area contributed by atoms with Gasteiger partial charge in [0, 0.05) is 25.6 Å². The van der Waals surface area contributed by atoms with Crippen LogP contribution in [0.2, 0.25) is 0 Å². The van der Waals surface area contributed by atoms with Gasteiger partial charge in [0.15, 0.2) is 0 Å². The van der Waals surface area contributed by atoms with E-state index in [0.29, 0.717) is 32.5 Å². The zero-order valence-electron chi connectivity index (χ0n) is 12.2. The van der Waals surface area contributed by atoms with E-state index in [9.17, 15) is 9.59 Å². The van der Waals surface area contributed by atoms with Gasteiger partial charge in [-0.2, -0.15) is 0 Å². The summed E-state index contributed by atoms with van der Waals surface area (Å²) in [4.78, 5) is 25.9. The Kier molecular flexibility index (Phi) is 5.62. The number of nitrogens with zero attached hydrogens (tertiary/aromatic N) is 1. The van der Waals surface area contributed by atoms with Crippen molar-refractivity contribution in [2.45, 2.75) is 25.1 Å². The van der Waals surface area contributed by atoms with Crippen LogP contribution in [-0.4, -0.2) is 36.3 Å². The van der Waals surface area contributed by atoms with Crippen molar-refractivity contribution >= 4 is 23.4 Å². The molecule has 2 amide bonds. The second-order valence-corrected chi connectivity index (χ2v) is 5.70. The van der Waals surface area contributed by atoms with Crippen molar-refractivity contribution in [3.63, 3.8) is 0 Å². The Labute approximate surface area is 130 Å². The monoisotopic (exact) mass is 308 g/mol. The summed E-state index contributed by atoms with van der Waals surface area (Å²) in [5, 5.41) is 2.19. The molecule has 5 heteroatoms. The highest BCUT2D eigenvalue weighted by Gasteiger charge is 2.30. The van der Waals surface area contributed by atoms with Gasteiger partial charge in [-0.1, -0.05) is 30.3 Å². The van der Waals surface area contributed by atoms with E-state index < -0.39 is 5.38 Å². The first kappa shape index (κ1) is 15.8. The Hall–Kier alpha value is -1.55. The van der Waals surface area contributed by atoms with Crippen LogP contribution in [0.1, 0.15) is 30.7 Å². The van der Waals surface area contributed by atoms with Crippen molar-refractivity contribution in [1.82, 2.24) is 10.2 Å². The molecule has 1 N–H and O–H groups in total. The number of piperidine rings is 1. The highest BCUT2D eigenvalue weighted by Crippen LogP contribution is 2.26. The lowest BCUT2D eigenvalue weighted by atomic mass is 9.95. The molecule has 1 aromatic carbocycles. The standard InChI is InChI=1S/C16H21ClN2O2/c1-2-18-15(20)13-8-10-19(11-9-13)16(21)14(17)12-6-4-3-5-7-12/h3-7,13-14H,2,8-11H2,1H3,(H,18,20). The highest BCUT2D eigenvalue weighted by molar-refractivity contribution is 6.30. The second-order valence-electron chi connectivity index (χ2n) is 5.27. The molecule has 1 aliphatic heterocycles. The number of hydrogen-bond acceptors (Lipinski definition) is 2. The number of halogens is 1. The number of nitrogens with one attached hydrogen (secondary N) is 1. The van der Waals surface area contributed by atoms with Crippen molar-refractivity contribution in [3.05, 3.63) is 35.9 Å². The molecule has 0 spiro atoms. The van der Waals surface area contributed by atoms with Gasteiger partial charge in [-0.15, -0.1) is 11.6 Å². The topological polar surface area (TPSA) is 49.4 Å². The fourth-order valence-electron chi connectivity index (χ4n) is 2.61. The summed E-state index contributed by atoms with van der Waals surface area (Å²) < 4.78 is 0. The molecule has 1 aromatic rings. The zero-order chi connectivity index (χ0) is 15.2. The summed E-state index contributed by atoms with van der Waals surface area (Å²) in [6, 6.07) is 9.36. The maximum absolute atomic E-state index is 12.4. The van der Waals surface area contributed by atoms with E-state index in [1.807, 2.05) is 37.3 Å². The normalized spacial score (nSPS) is 17.3. The average molecular weight is 309 g/mol. The predicted octanol–water partition coefficient (Wildman–Crippen LogP) is 2.34. The lowest BCUT2D eigenvalue weighted by Crippen LogP contribution is -2.44. The Balaban J connectivity index is 1.90. The highest BCUT2D eigenvalue weighted by atomic mass is 35.5. The van der Waals surface area contributed by atoms with Crippen molar-refractivity contribution in [2.24, 2.45) is 5.92 Å². The lowest BCUT2D eigenvalue weighted by Gasteiger charge is -2.32. The van der Waals surface area contributed by atoms with Crippen LogP contribution >= 0.6 is 11.6 Å². The molecule has 114 valence electrons. The summed E-state index contributed by atoms with van der Waals surface area (Å²) >= 11 is 6.27. The van der Waals surface area contributed by atoms with E-state index in [1.54, 1.807) is 4.90 Å². The van der Waals surface area contributed by atoms with Crippen LogP contribution in [0.5, 0.6) is 0 Å². The van der Waals surface area contributed by atoms with Crippen LogP contribution in [0, 0.1) is 5.92 Å². The minimum Gasteiger partial charge on any atom is -0.356 e. The molecule has 0 radical (unpaired) electrons. The van der Waals surface area contributed by atoms with Gasteiger partial charge in [0.1, 0.15) is 5.38 Å². The first-order chi connectivity index (χ1) is 10.1. The maximum atomic E-state index is 12.4. The fourth-order valence-corrected chi connectivity index (χ4v) is 2.89. The van der Waals surface area contributed by atoms with Gasteiger partial charge in [0.2, 0.25) is 11.8 Å². The number of carbonyl (C=O) groups is 2. The van der Waals surface area contributed by atoms with Crippen LogP contribution in [0.25, 0.3) is 0 Å².